The van der Waals surface area contributed by atoms with Gasteiger partial charge in [0.05, 0.1) is 18.6 Å². The van der Waals surface area contributed by atoms with E-state index in [1.165, 1.54) is 0 Å². The van der Waals surface area contributed by atoms with Crippen molar-refractivity contribution in [2.75, 3.05) is 13.2 Å². The summed E-state index contributed by atoms with van der Waals surface area (Å²) in [5.74, 6) is 0.517. The molecular formula is C28H47N2O6+. The van der Waals surface area contributed by atoms with Crippen molar-refractivity contribution < 1.29 is 34.2 Å². The quantitative estimate of drug-likeness (QED) is 0.340. The van der Waals surface area contributed by atoms with E-state index in [1.807, 2.05) is 20.8 Å². The van der Waals surface area contributed by atoms with Gasteiger partial charge in [0.15, 0.2) is 0 Å². The number of hydrogen-bond donors (Lipinski definition) is 3. The lowest BCUT2D eigenvalue weighted by Crippen LogP contribution is -2.94. The van der Waals surface area contributed by atoms with Gasteiger partial charge in [0.2, 0.25) is 0 Å². The van der Waals surface area contributed by atoms with Gasteiger partial charge in [-0.15, -0.1) is 0 Å². The van der Waals surface area contributed by atoms with Crippen LogP contribution in [0.3, 0.4) is 0 Å². The predicted molar refractivity (Wildman–Crippen MR) is 134 cm³/mol. The summed E-state index contributed by atoms with van der Waals surface area (Å²) in [5.41, 5.74) is 5.46. The number of rotatable bonds is 8. The molecule has 1 saturated carbocycles. The lowest BCUT2D eigenvalue weighted by Gasteiger charge is -2.45. The molecular weight excluding hydrogens is 460 g/mol. The molecule has 4 rings (SSSR count). The zero-order chi connectivity index (χ0) is 26.1. The van der Waals surface area contributed by atoms with E-state index in [0.717, 1.165) is 45.1 Å². The molecule has 0 aromatic carbocycles. The lowest BCUT2D eigenvalue weighted by atomic mass is 9.68. The number of ether oxygens (including phenoxy) is 3. The number of aliphatic hydroxyl groups excluding tert-OH is 1. The summed E-state index contributed by atoms with van der Waals surface area (Å²) in [6.45, 7) is 8.72. The first-order valence-electron chi connectivity index (χ1n) is 14.0. The molecule has 5 N–H and O–H groups in total. The summed E-state index contributed by atoms with van der Waals surface area (Å²) in [6, 6.07) is 0. The molecule has 7 unspecified atom stereocenters. The lowest BCUT2D eigenvalue weighted by molar-refractivity contribution is -0.699. The van der Waals surface area contributed by atoms with Crippen molar-refractivity contribution in [2.24, 2.45) is 29.4 Å². The molecule has 204 valence electrons. The van der Waals surface area contributed by atoms with Crippen LogP contribution in [0.2, 0.25) is 0 Å². The van der Waals surface area contributed by atoms with Crippen LogP contribution in [0.15, 0.2) is 11.6 Å². The summed E-state index contributed by atoms with van der Waals surface area (Å²) in [4.78, 5) is 25.5. The van der Waals surface area contributed by atoms with Crippen LogP contribution in [0.4, 0.5) is 0 Å². The van der Waals surface area contributed by atoms with E-state index in [2.05, 4.69) is 5.32 Å². The first kappa shape index (κ1) is 27.6. The van der Waals surface area contributed by atoms with E-state index < -0.39 is 11.2 Å². The van der Waals surface area contributed by atoms with Crippen LogP contribution in [-0.2, 0) is 23.8 Å². The Hall–Kier alpha value is -1.48. The molecule has 8 nitrogen and oxygen atoms in total. The SMILES string of the molecule is CC=C(C)C(=O)OC(C)(C)[C@@]1(CC2CC[NH2+]C(N)C2)CC2CC3CC(CCCO)C(=O)OC3CC2O1. The van der Waals surface area contributed by atoms with Gasteiger partial charge in [-0.2, -0.15) is 0 Å². The molecule has 4 aliphatic rings. The van der Waals surface area contributed by atoms with Crippen LogP contribution < -0.4 is 11.1 Å². The van der Waals surface area contributed by atoms with E-state index in [0.29, 0.717) is 42.6 Å². The summed E-state index contributed by atoms with van der Waals surface area (Å²) in [6.07, 6.45) is 9.17. The molecule has 3 aliphatic heterocycles. The Bertz CT molecular complexity index is 844. The minimum absolute atomic E-state index is 0.0161. The van der Waals surface area contributed by atoms with Crippen molar-refractivity contribution in [2.45, 2.75) is 115 Å². The van der Waals surface area contributed by atoms with Crippen LogP contribution in [-0.4, -0.2) is 59.8 Å². The zero-order valence-electron chi connectivity index (χ0n) is 22.5. The average molecular weight is 508 g/mol. The molecule has 3 heterocycles. The van der Waals surface area contributed by atoms with E-state index in [9.17, 15) is 14.7 Å². The summed E-state index contributed by atoms with van der Waals surface area (Å²) < 4.78 is 19.1. The smallest absolute Gasteiger partial charge is 0.334 e. The highest BCUT2D eigenvalue weighted by Gasteiger charge is 2.60. The van der Waals surface area contributed by atoms with Crippen molar-refractivity contribution in [3.8, 4) is 0 Å². The highest BCUT2D eigenvalue weighted by Crippen LogP contribution is 2.54. The topological polar surface area (TPSA) is 125 Å². The predicted octanol–water partition coefficient (Wildman–Crippen LogP) is 2.18. The highest BCUT2D eigenvalue weighted by atomic mass is 16.6. The fourth-order valence-electron chi connectivity index (χ4n) is 7.18. The van der Waals surface area contributed by atoms with Gasteiger partial charge in [-0.05, 0) is 90.4 Å². The molecule has 0 radical (unpaired) electrons. The first-order valence-corrected chi connectivity index (χ1v) is 14.0. The maximum Gasteiger partial charge on any atom is 0.334 e. The maximum atomic E-state index is 12.9. The van der Waals surface area contributed by atoms with Gasteiger partial charge in [-0.1, -0.05) is 6.08 Å². The van der Waals surface area contributed by atoms with Crippen LogP contribution in [0, 0.1) is 23.7 Å². The van der Waals surface area contributed by atoms with Crippen molar-refractivity contribution >= 4 is 11.9 Å². The van der Waals surface area contributed by atoms with Gasteiger partial charge >= 0.3 is 11.9 Å². The monoisotopic (exact) mass is 507 g/mol. The van der Waals surface area contributed by atoms with Gasteiger partial charge in [0.25, 0.3) is 0 Å². The average Bonchev–Trinajstić information content (AvgIpc) is 3.19. The second kappa shape index (κ2) is 11.1. The van der Waals surface area contributed by atoms with Gasteiger partial charge in [0, 0.05) is 25.0 Å². The van der Waals surface area contributed by atoms with Crippen molar-refractivity contribution in [1.82, 2.24) is 0 Å². The summed E-state index contributed by atoms with van der Waals surface area (Å²) in [5, 5.41) is 11.4. The molecule has 4 fully saturated rings. The number of quaternary nitrogens is 1. The molecule has 8 heteroatoms. The second-order valence-electron chi connectivity index (χ2n) is 12.3. The van der Waals surface area contributed by atoms with Gasteiger partial charge in [-0.3, -0.25) is 10.5 Å². The molecule has 0 bridgehead atoms. The van der Waals surface area contributed by atoms with Gasteiger partial charge in [0.1, 0.15) is 23.5 Å². The zero-order valence-corrected chi connectivity index (χ0v) is 22.5. The number of fused-ring (bicyclic) bond motifs is 2. The maximum absolute atomic E-state index is 12.9. The van der Waals surface area contributed by atoms with Crippen LogP contribution in [0.1, 0.15) is 85.5 Å². The van der Waals surface area contributed by atoms with E-state index in [1.54, 1.807) is 13.0 Å². The highest BCUT2D eigenvalue weighted by molar-refractivity contribution is 5.88. The van der Waals surface area contributed by atoms with Crippen LogP contribution in [0.25, 0.3) is 0 Å². The summed E-state index contributed by atoms with van der Waals surface area (Å²) >= 11 is 0. The number of hydrogen-bond acceptors (Lipinski definition) is 7. The Morgan fingerprint density at radius 3 is 2.72 bits per heavy atom. The number of esters is 2. The fourth-order valence-corrected chi connectivity index (χ4v) is 7.18. The number of nitrogens with two attached hydrogens (primary N) is 2. The third kappa shape index (κ3) is 5.66. The number of carbonyl (C=O) groups excluding carboxylic acids is 2. The second-order valence-corrected chi connectivity index (χ2v) is 12.3. The fraction of sp³-hybridized carbons (Fsp3) is 0.857. The number of allylic oxidation sites excluding steroid dienone is 1. The minimum Gasteiger partial charge on any atom is -0.462 e. The number of aliphatic hydroxyl groups is 1. The van der Waals surface area contributed by atoms with Crippen molar-refractivity contribution in [3.05, 3.63) is 11.6 Å². The van der Waals surface area contributed by atoms with E-state index in [4.69, 9.17) is 19.9 Å². The van der Waals surface area contributed by atoms with E-state index >= 15 is 0 Å². The Balaban J connectivity index is 1.55. The molecule has 3 saturated heterocycles. The molecule has 36 heavy (non-hydrogen) atoms. The minimum atomic E-state index is -0.817. The van der Waals surface area contributed by atoms with Crippen molar-refractivity contribution in [3.63, 3.8) is 0 Å². The number of piperidine rings is 1. The normalized spacial score (nSPS) is 39.2. The Morgan fingerprint density at radius 2 is 2.03 bits per heavy atom. The van der Waals surface area contributed by atoms with Gasteiger partial charge < -0.3 is 24.6 Å². The third-order valence-electron chi connectivity index (χ3n) is 9.46. The molecule has 1 aliphatic carbocycles. The molecule has 0 aromatic heterocycles. The first-order chi connectivity index (χ1) is 17.1. The largest absolute Gasteiger partial charge is 0.462 e. The molecule has 0 aromatic rings. The Kier molecular flexibility index (Phi) is 8.49. The number of carbonyl (C=O) groups is 2. The Morgan fingerprint density at radius 1 is 1.25 bits per heavy atom. The van der Waals surface area contributed by atoms with E-state index in [-0.39, 0.29) is 42.8 Å². The Labute approximate surface area is 215 Å². The molecule has 0 spiro atoms. The van der Waals surface area contributed by atoms with Crippen LogP contribution >= 0.6 is 0 Å². The van der Waals surface area contributed by atoms with Crippen molar-refractivity contribution in [1.29, 1.82) is 0 Å². The third-order valence-corrected chi connectivity index (χ3v) is 9.46. The van der Waals surface area contributed by atoms with Gasteiger partial charge in [-0.25, -0.2) is 4.79 Å². The standard InChI is InChI=1S/C28H46N2O6/c1-5-17(2)25(32)36-27(3,4)28(15-18-8-9-30-24(29)11-18)16-21-13-20-12-19(7-6-10-31)26(33)34-22(20)14-23(21)35-28/h5,18-24,30-31H,6-16,29H2,1-4H3/p+1/t18?,19?,20?,21?,22?,23?,24?,28-/m1/s1. The molecule has 8 atom stereocenters. The summed E-state index contributed by atoms with van der Waals surface area (Å²) in [7, 11) is 0. The molecule has 0 amide bonds. The van der Waals surface area contributed by atoms with Crippen LogP contribution in [0.5, 0.6) is 0 Å².